The number of carboxylic acid groups (broad SMARTS) is 2. The van der Waals surface area contributed by atoms with Crippen LogP contribution in [0.4, 0.5) is 0 Å². The normalized spacial score (nSPS) is 13.0. The molecule has 2 amide bonds. The maximum Gasteiger partial charge on any atom is 0.322 e. The predicted octanol–water partition coefficient (Wildman–Crippen LogP) is -1.22. The Labute approximate surface area is 148 Å². The van der Waals surface area contributed by atoms with E-state index in [9.17, 15) is 24.0 Å². The van der Waals surface area contributed by atoms with Gasteiger partial charge < -0.3 is 26.6 Å². The van der Waals surface area contributed by atoms with Crippen molar-refractivity contribution in [3.8, 4) is 0 Å². The predicted molar refractivity (Wildman–Crippen MR) is 89.7 cm³/mol. The number of carbonyl (C=O) groups excluding carboxylic acids is 3. The monoisotopic (exact) mass is 377 g/mol. The zero-order valence-electron chi connectivity index (χ0n) is 14.0. The van der Waals surface area contributed by atoms with Crippen LogP contribution in [-0.2, 0) is 24.0 Å². The number of nitrogens with two attached hydrogens (primary N) is 1. The molecule has 2 atom stereocenters. The molecule has 0 saturated heterocycles. The summed E-state index contributed by atoms with van der Waals surface area (Å²) in [6, 6.07) is -2.33. The topological polar surface area (TPSA) is 176 Å². The molecule has 0 radical (unpaired) electrons. The van der Waals surface area contributed by atoms with E-state index in [0.29, 0.717) is 0 Å². The number of rotatable bonds is 11. The molecule has 11 heteroatoms. The molecule has 0 aromatic carbocycles. The molecule has 0 saturated carbocycles. The fourth-order valence-corrected chi connectivity index (χ4v) is 2.38. The molecule has 0 spiro atoms. The zero-order valence-corrected chi connectivity index (χ0v) is 14.8. The van der Waals surface area contributed by atoms with Crippen molar-refractivity contribution in [3.05, 3.63) is 0 Å². The molecule has 0 unspecified atom stereocenters. The number of hydrogen-bond acceptors (Lipinski definition) is 7. The molecular weight excluding hydrogens is 354 g/mol. The smallest absolute Gasteiger partial charge is 0.322 e. The van der Waals surface area contributed by atoms with E-state index in [1.54, 1.807) is 13.8 Å². The summed E-state index contributed by atoms with van der Waals surface area (Å²) in [5.74, 6) is -4.21. The minimum Gasteiger partial charge on any atom is -0.480 e. The summed E-state index contributed by atoms with van der Waals surface area (Å²) in [4.78, 5) is 56.6. The first kappa shape index (κ1) is 22.9. The molecule has 0 aromatic heterocycles. The average molecular weight is 377 g/mol. The van der Waals surface area contributed by atoms with Gasteiger partial charge in [0.25, 0.3) is 0 Å². The van der Waals surface area contributed by atoms with Gasteiger partial charge in [-0.1, -0.05) is 25.6 Å². The number of carboxylic acids is 2. The Balaban J connectivity index is 4.72. The molecule has 0 aliphatic carbocycles. The summed E-state index contributed by atoms with van der Waals surface area (Å²) in [6.45, 7) is 2.74. The number of aliphatic carboxylic acids is 2. The van der Waals surface area contributed by atoms with E-state index in [1.807, 2.05) is 0 Å². The lowest BCUT2D eigenvalue weighted by Gasteiger charge is -2.18. The summed E-state index contributed by atoms with van der Waals surface area (Å²) in [6.07, 6.45) is -0.346. The summed E-state index contributed by atoms with van der Waals surface area (Å²) < 4.78 is 0. The molecule has 142 valence electrons. The highest BCUT2D eigenvalue weighted by atomic mass is 32.2. The summed E-state index contributed by atoms with van der Waals surface area (Å²) >= 11 is 0.846. The molecule has 0 aliphatic heterocycles. The SMILES string of the molecule is CC(C)C(=O)SC[C@H](NC(=O)CC[C@H](N)C(=O)O)C(=O)NCC(=O)O. The summed E-state index contributed by atoms with van der Waals surface area (Å²) in [7, 11) is 0. The second kappa shape index (κ2) is 11.4. The minimum absolute atomic E-state index is 0.0702. The van der Waals surface area contributed by atoms with Crippen molar-refractivity contribution in [1.82, 2.24) is 10.6 Å². The highest BCUT2D eigenvalue weighted by molar-refractivity contribution is 8.13. The first-order chi connectivity index (χ1) is 11.5. The van der Waals surface area contributed by atoms with Crippen LogP contribution >= 0.6 is 11.8 Å². The lowest BCUT2D eigenvalue weighted by atomic mass is 10.1. The highest BCUT2D eigenvalue weighted by Gasteiger charge is 2.24. The molecule has 10 nitrogen and oxygen atoms in total. The molecule has 0 aromatic rings. The zero-order chi connectivity index (χ0) is 19.6. The van der Waals surface area contributed by atoms with E-state index >= 15 is 0 Å². The van der Waals surface area contributed by atoms with Crippen LogP contribution in [0, 0.1) is 5.92 Å². The largest absolute Gasteiger partial charge is 0.480 e. The maximum absolute atomic E-state index is 12.0. The van der Waals surface area contributed by atoms with E-state index in [2.05, 4.69) is 10.6 Å². The van der Waals surface area contributed by atoms with Crippen LogP contribution in [0.3, 0.4) is 0 Å². The average Bonchev–Trinajstić information content (AvgIpc) is 2.53. The van der Waals surface area contributed by atoms with Gasteiger partial charge in [-0.25, -0.2) is 0 Å². The van der Waals surface area contributed by atoms with Gasteiger partial charge in [-0.15, -0.1) is 0 Å². The maximum atomic E-state index is 12.0. The number of hydrogen-bond donors (Lipinski definition) is 5. The molecule has 0 aliphatic rings. The fourth-order valence-electron chi connectivity index (χ4n) is 1.48. The third-order valence-electron chi connectivity index (χ3n) is 2.93. The van der Waals surface area contributed by atoms with Crippen molar-refractivity contribution in [1.29, 1.82) is 0 Å². The molecule has 0 heterocycles. The Morgan fingerprint density at radius 2 is 1.72 bits per heavy atom. The van der Waals surface area contributed by atoms with Crippen molar-refractivity contribution in [2.75, 3.05) is 12.3 Å². The quantitative estimate of drug-likeness (QED) is 0.295. The van der Waals surface area contributed by atoms with Gasteiger partial charge in [-0.3, -0.25) is 24.0 Å². The Bertz CT molecular complexity index is 525. The van der Waals surface area contributed by atoms with E-state index in [1.165, 1.54) is 0 Å². The Morgan fingerprint density at radius 1 is 1.12 bits per heavy atom. The van der Waals surface area contributed by atoms with Crippen molar-refractivity contribution < 1.29 is 34.2 Å². The van der Waals surface area contributed by atoms with Crippen molar-refractivity contribution >= 4 is 40.6 Å². The number of carbonyl (C=O) groups is 5. The number of thioether (sulfide) groups is 1. The standard InChI is InChI=1S/C14H23N3O7S/c1-7(2)14(24)25-6-9(12(21)16-5-11(19)20)17-10(18)4-3-8(15)13(22)23/h7-9H,3-6,15H2,1-2H3,(H,16,21)(H,17,18)(H,19,20)(H,22,23)/t8-,9-/m0/s1. The van der Waals surface area contributed by atoms with Crippen molar-refractivity contribution in [2.45, 2.75) is 38.8 Å². The Morgan fingerprint density at radius 3 is 2.20 bits per heavy atom. The van der Waals surface area contributed by atoms with Crippen molar-refractivity contribution in [3.63, 3.8) is 0 Å². The van der Waals surface area contributed by atoms with Crippen LogP contribution in [0.1, 0.15) is 26.7 Å². The van der Waals surface area contributed by atoms with Crippen molar-refractivity contribution in [2.24, 2.45) is 11.7 Å². The van der Waals surface area contributed by atoms with Crippen LogP contribution < -0.4 is 16.4 Å². The van der Waals surface area contributed by atoms with Gasteiger partial charge in [0.2, 0.25) is 11.8 Å². The molecule has 25 heavy (non-hydrogen) atoms. The van der Waals surface area contributed by atoms with Gasteiger partial charge in [0, 0.05) is 18.1 Å². The Kier molecular flexibility index (Phi) is 10.4. The van der Waals surface area contributed by atoms with Crippen LogP contribution in [0.25, 0.3) is 0 Å². The molecule has 0 fully saturated rings. The van der Waals surface area contributed by atoms with E-state index in [-0.39, 0.29) is 29.6 Å². The van der Waals surface area contributed by atoms with Gasteiger partial charge in [-0.2, -0.15) is 0 Å². The minimum atomic E-state index is -1.25. The van der Waals surface area contributed by atoms with Gasteiger partial charge >= 0.3 is 11.9 Å². The Hall–Kier alpha value is -2.14. The van der Waals surface area contributed by atoms with Crippen LogP contribution in [0.5, 0.6) is 0 Å². The third-order valence-corrected chi connectivity index (χ3v) is 4.18. The first-order valence-corrected chi connectivity index (χ1v) is 8.47. The van der Waals surface area contributed by atoms with Crippen LogP contribution in [0.2, 0.25) is 0 Å². The van der Waals surface area contributed by atoms with E-state index < -0.39 is 42.4 Å². The van der Waals surface area contributed by atoms with Gasteiger partial charge in [-0.05, 0) is 6.42 Å². The highest BCUT2D eigenvalue weighted by Crippen LogP contribution is 2.12. The molecule has 0 bridgehead atoms. The van der Waals surface area contributed by atoms with E-state index in [0.717, 1.165) is 11.8 Å². The lowest BCUT2D eigenvalue weighted by molar-refractivity contribution is -0.139. The molecule has 6 N–H and O–H groups in total. The number of amides is 2. The van der Waals surface area contributed by atoms with Crippen LogP contribution in [0.15, 0.2) is 0 Å². The summed E-state index contributed by atoms with van der Waals surface area (Å²) in [5, 5.41) is 21.6. The summed E-state index contributed by atoms with van der Waals surface area (Å²) in [5.41, 5.74) is 5.30. The second-order valence-electron chi connectivity index (χ2n) is 5.50. The number of nitrogens with one attached hydrogen (secondary N) is 2. The van der Waals surface area contributed by atoms with Gasteiger partial charge in [0.05, 0.1) is 0 Å². The first-order valence-electron chi connectivity index (χ1n) is 7.48. The fraction of sp³-hybridized carbons (Fsp3) is 0.643. The van der Waals surface area contributed by atoms with Gasteiger partial charge in [0.15, 0.2) is 5.12 Å². The van der Waals surface area contributed by atoms with Gasteiger partial charge in [0.1, 0.15) is 18.6 Å². The van der Waals surface area contributed by atoms with E-state index in [4.69, 9.17) is 15.9 Å². The third kappa shape index (κ3) is 10.4. The molecule has 0 rings (SSSR count). The molecular formula is C14H23N3O7S. The van der Waals surface area contributed by atoms with Crippen LogP contribution in [-0.4, -0.2) is 63.5 Å². The second-order valence-corrected chi connectivity index (χ2v) is 6.52. The lowest BCUT2D eigenvalue weighted by Crippen LogP contribution is -2.49.